The van der Waals surface area contributed by atoms with Crippen molar-refractivity contribution in [3.05, 3.63) is 41.3 Å². The summed E-state index contributed by atoms with van der Waals surface area (Å²) in [6, 6.07) is 4.63. The molecule has 106 valence electrons. The Labute approximate surface area is 125 Å². The van der Waals surface area contributed by atoms with Crippen LogP contribution in [0.25, 0.3) is 0 Å². The Balaban J connectivity index is 2.53. The van der Waals surface area contributed by atoms with Crippen molar-refractivity contribution in [2.45, 2.75) is 4.90 Å². The van der Waals surface area contributed by atoms with E-state index in [1.165, 1.54) is 31.7 Å². The summed E-state index contributed by atoms with van der Waals surface area (Å²) in [7, 11) is -2.34. The predicted molar refractivity (Wildman–Crippen MR) is 79.6 cm³/mol. The number of hydrogen-bond donors (Lipinski definition) is 2. The summed E-state index contributed by atoms with van der Waals surface area (Å²) in [5, 5.41) is 0. The Kier molecular flexibility index (Phi) is 4.21. The number of hydrogen-bond acceptors (Lipinski definition) is 6. The number of sulfonamides is 1. The molecule has 2 aromatic heterocycles. The zero-order valence-electron chi connectivity index (χ0n) is 10.5. The number of hydrazine groups is 1. The minimum absolute atomic E-state index is 0.0197. The summed E-state index contributed by atoms with van der Waals surface area (Å²) in [4.78, 5) is 7.77. The maximum absolute atomic E-state index is 12.6. The molecule has 0 saturated heterocycles. The summed E-state index contributed by atoms with van der Waals surface area (Å²) < 4.78 is 26.9. The first-order valence-corrected chi connectivity index (χ1v) is 7.71. The smallest absolute Gasteiger partial charge is 0.267 e. The van der Waals surface area contributed by atoms with Crippen LogP contribution in [-0.2, 0) is 10.0 Å². The number of nitrogens with one attached hydrogen (secondary N) is 1. The average Bonchev–Trinajstić information content (AvgIpc) is 2.47. The number of anilines is 2. The summed E-state index contributed by atoms with van der Waals surface area (Å²) >= 11 is 3.20. The van der Waals surface area contributed by atoms with Gasteiger partial charge >= 0.3 is 0 Å². The monoisotopic (exact) mass is 357 g/mol. The van der Waals surface area contributed by atoms with Crippen LogP contribution in [0.1, 0.15) is 0 Å². The fraction of sp³-hybridized carbons (Fsp3) is 0.0909. The van der Waals surface area contributed by atoms with E-state index < -0.39 is 10.0 Å². The summed E-state index contributed by atoms with van der Waals surface area (Å²) in [6.07, 6.45) is 4.49. The lowest BCUT2D eigenvalue weighted by Crippen LogP contribution is -2.28. The van der Waals surface area contributed by atoms with Crippen molar-refractivity contribution in [3.63, 3.8) is 0 Å². The van der Waals surface area contributed by atoms with Crippen LogP contribution >= 0.6 is 15.9 Å². The van der Waals surface area contributed by atoms with Crippen LogP contribution in [0.3, 0.4) is 0 Å². The van der Waals surface area contributed by atoms with Gasteiger partial charge in [-0.15, -0.1) is 0 Å². The zero-order chi connectivity index (χ0) is 14.8. The Hall–Kier alpha value is -1.71. The van der Waals surface area contributed by atoms with Gasteiger partial charge in [0, 0.05) is 30.1 Å². The van der Waals surface area contributed by atoms with Crippen LogP contribution < -0.4 is 15.6 Å². The van der Waals surface area contributed by atoms with Crippen molar-refractivity contribution >= 4 is 37.5 Å². The summed E-state index contributed by atoms with van der Waals surface area (Å²) in [5.41, 5.74) is 2.77. The molecule has 0 amide bonds. The Morgan fingerprint density at radius 2 is 2.00 bits per heavy atom. The SMILES string of the molecule is CN(c1ccncc1)S(=O)(=O)c1cc(Br)cnc1NN. The molecule has 7 nitrogen and oxygen atoms in total. The van der Waals surface area contributed by atoms with Crippen molar-refractivity contribution in [1.82, 2.24) is 9.97 Å². The van der Waals surface area contributed by atoms with Crippen LogP contribution in [0.4, 0.5) is 11.5 Å². The molecular weight excluding hydrogens is 346 g/mol. The quantitative estimate of drug-likeness (QED) is 0.632. The highest BCUT2D eigenvalue weighted by atomic mass is 79.9. The van der Waals surface area contributed by atoms with E-state index in [9.17, 15) is 8.42 Å². The van der Waals surface area contributed by atoms with Crippen LogP contribution in [0.2, 0.25) is 0 Å². The molecule has 0 spiro atoms. The van der Waals surface area contributed by atoms with Gasteiger partial charge in [0.1, 0.15) is 4.90 Å². The number of pyridine rings is 2. The van der Waals surface area contributed by atoms with E-state index in [4.69, 9.17) is 5.84 Å². The van der Waals surface area contributed by atoms with Crippen molar-refractivity contribution in [2.75, 3.05) is 16.8 Å². The molecule has 0 bridgehead atoms. The van der Waals surface area contributed by atoms with Gasteiger partial charge in [-0.1, -0.05) is 0 Å². The Morgan fingerprint density at radius 3 is 2.60 bits per heavy atom. The predicted octanol–water partition coefficient (Wildman–Crippen LogP) is 1.35. The van der Waals surface area contributed by atoms with Crippen LogP contribution in [-0.4, -0.2) is 25.4 Å². The Morgan fingerprint density at radius 1 is 1.35 bits per heavy atom. The van der Waals surface area contributed by atoms with Gasteiger partial charge in [-0.05, 0) is 34.1 Å². The topological polar surface area (TPSA) is 101 Å². The minimum Gasteiger partial charge on any atom is -0.307 e. The van der Waals surface area contributed by atoms with Crippen molar-refractivity contribution in [2.24, 2.45) is 5.84 Å². The molecule has 20 heavy (non-hydrogen) atoms. The fourth-order valence-corrected chi connectivity index (χ4v) is 3.37. The lowest BCUT2D eigenvalue weighted by atomic mass is 10.4. The van der Waals surface area contributed by atoms with E-state index in [1.54, 1.807) is 12.1 Å². The molecule has 2 rings (SSSR count). The van der Waals surface area contributed by atoms with Gasteiger partial charge < -0.3 is 5.43 Å². The van der Waals surface area contributed by atoms with Gasteiger partial charge in [0.15, 0.2) is 5.82 Å². The highest BCUT2D eigenvalue weighted by Crippen LogP contribution is 2.27. The fourth-order valence-electron chi connectivity index (χ4n) is 1.57. The molecule has 3 N–H and O–H groups in total. The third kappa shape index (κ3) is 2.74. The maximum atomic E-state index is 12.6. The second-order valence-corrected chi connectivity index (χ2v) is 6.68. The first-order chi connectivity index (χ1) is 9.46. The number of nitrogen functional groups attached to an aromatic ring is 1. The van der Waals surface area contributed by atoms with Crippen LogP contribution in [0.15, 0.2) is 46.2 Å². The lowest BCUT2D eigenvalue weighted by Gasteiger charge is -2.20. The molecule has 0 aromatic carbocycles. The molecule has 2 aromatic rings. The van der Waals surface area contributed by atoms with Crippen molar-refractivity contribution in [3.8, 4) is 0 Å². The first kappa shape index (κ1) is 14.7. The van der Waals surface area contributed by atoms with E-state index in [-0.39, 0.29) is 10.7 Å². The molecule has 0 atom stereocenters. The molecule has 0 aliphatic heterocycles. The van der Waals surface area contributed by atoms with Crippen LogP contribution in [0, 0.1) is 0 Å². The highest BCUT2D eigenvalue weighted by Gasteiger charge is 2.25. The number of rotatable bonds is 4. The molecule has 2 heterocycles. The van der Waals surface area contributed by atoms with Gasteiger partial charge in [-0.3, -0.25) is 9.29 Å². The molecule has 9 heteroatoms. The van der Waals surface area contributed by atoms with Crippen molar-refractivity contribution in [1.29, 1.82) is 0 Å². The molecule has 0 unspecified atom stereocenters. The second kappa shape index (κ2) is 5.73. The summed E-state index contributed by atoms with van der Waals surface area (Å²) in [6.45, 7) is 0. The minimum atomic E-state index is -3.79. The van der Waals surface area contributed by atoms with E-state index in [2.05, 4.69) is 31.3 Å². The molecule has 0 aliphatic rings. The second-order valence-electron chi connectivity index (χ2n) is 3.82. The lowest BCUT2D eigenvalue weighted by molar-refractivity contribution is 0.594. The zero-order valence-corrected chi connectivity index (χ0v) is 12.9. The molecular formula is C11H12BrN5O2S. The number of halogens is 1. The van der Waals surface area contributed by atoms with Gasteiger partial charge in [0.25, 0.3) is 10.0 Å². The van der Waals surface area contributed by atoms with E-state index in [0.717, 1.165) is 4.31 Å². The van der Waals surface area contributed by atoms with Gasteiger partial charge in [0.2, 0.25) is 0 Å². The number of nitrogens with zero attached hydrogens (tertiary/aromatic N) is 3. The molecule has 0 fully saturated rings. The molecule has 0 radical (unpaired) electrons. The van der Waals surface area contributed by atoms with E-state index in [1.807, 2.05) is 0 Å². The van der Waals surface area contributed by atoms with Gasteiger partial charge in [-0.2, -0.15) is 0 Å². The van der Waals surface area contributed by atoms with E-state index >= 15 is 0 Å². The van der Waals surface area contributed by atoms with E-state index in [0.29, 0.717) is 10.2 Å². The molecule has 0 aliphatic carbocycles. The van der Waals surface area contributed by atoms with Crippen LogP contribution in [0.5, 0.6) is 0 Å². The third-order valence-corrected chi connectivity index (χ3v) is 4.85. The number of nitrogens with two attached hydrogens (primary N) is 1. The highest BCUT2D eigenvalue weighted by molar-refractivity contribution is 9.10. The Bertz CT molecular complexity index is 708. The van der Waals surface area contributed by atoms with Crippen molar-refractivity contribution < 1.29 is 8.42 Å². The standard InChI is InChI=1S/C11H12BrN5O2S/c1-17(9-2-4-14-5-3-9)20(18,19)10-6-8(12)7-15-11(10)16-13/h2-7H,13H2,1H3,(H,15,16). The van der Waals surface area contributed by atoms with Gasteiger partial charge in [-0.25, -0.2) is 19.2 Å². The molecule has 0 saturated carbocycles. The maximum Gasteiger partial charge on any atom is 0.267 e. The first-order valence-electron chi connectivity index (χ1n) is 5.48. The van der Waals surface area contributed by atoms with Gasteiger partial charge in [0.05, 0.1) is 5.69 Å². The summed E-state index contributed by atoms with van der Waals surface area (Å²) in [5.74, 6) is 5.39. The average molecular weight is 358 g/mol. The largest absolute Gasteiger partial charge is 0.307 e. The normalized spacial score (nSPS) is 11.2. The number of aromatic nitrogens is 2. The third-order valence-electron chi connectivity index (χ3n) is 2.62.